The Labute approximate surface area is 81.0 Å². The molecule has 0 aromatic heterocycles. The summed E-state index contributed by atoms with van der Waals surface area (Å²) in [5.74, 6) is 1.39. The van der Waals surface area contributed by atoms with Crippen molar-refractivity contribution in [3.8, 4) is 0 Å². The molecule has 74 valence electrons. The Hall–Kier alpha value is -1.05. The predicted octanol–water partition coefficient (Wildman–Crippen LogP) is 3.17. The van der Waals surface area contributed by atoms with E-state index in [9.17, 15) is 0 Å². The summed E-state index contributed by atoms with van der Waals surface area (Å²) in [4.78, 5) is 4.13. The molecular weight excluding hydrogens is 162 g/mol. The molecule has 0 radical (unpaired) electrons. The molecule has 2 heteroatoms. The van der Waals surface area contributed by atoms with E-state index in [0.717, 1.165) is 18.1 Å². The van der Waals surface area contributed by atoms with Crippen molar-refractivity contribution in [2.24, 2.45) is 10.9 Å². The van der Waals surface area contributed by atoms with Crippen LogP contribution in [0, 0.1) is 5.92 Å². The van der Waals surface area contributed by atoms with Crippen molar-refractivity contribution in [1.29, 1.82) is 0 Å². The lowest BCUT2D eigenvalue weighted by Crippen LogP contribution is -1.99. The second-order valence-corrected chi connectivity index (χ2v) is 3.42. The number of allylic oxidation sites excluding steroid dienone is 2. The van der Waals surface area contributed by atoms with Crippen LogP contribution in [-0.4, -0.2) is 12.3 Å². The molecule has 0 N–H and O–H groups in total. The van der Waals surface area contributed by atoms with E-state index in [1.54, 1.807) is 12.3 Å². The molecule has 0 unspecified atom stereocenters. The lowest BCUT2D eigenvalue weighted by molar-refractivity contribution is 0.180. The molecule has 2 nitrogen and oxygen atoms in total. The fourth-order valence-corrected chi connectivity index (χ4v) is 0.581. The summed E-state index contributed by atoms with van der Waals surface area (Å²) < 4.78 is 5.42. The van der Waals surface area contributed by atoms with Crippen LogP contribution in [0.15, 0.2) is 29.6 Å². The Morgan fingerprint density at radius 3 is 2.54 bits per heavy atom. The quantitative estimate of drug-likeness (QED) is 0.471. The van der Waals surface area contributed by atoms with Crippen LogP contribution in [0.4, 0.5) is 0 Å². The first-order valence-electron chi connectivity index (χ1n) is 4.52. The van der Waals surface area contributed by atoms with E-state index in [1.165, 1.54) is 0 Å². The number of nitrogens with zero attached hydrogens (tertiary/aromatic N) is 1. The summed E-state index contributed by atoms with van der Waals surface area (Å²) in [5, 5.41) is 0. The van der Waals surface area contributed by atoms with E-state index in [2.05, 4.69) is 25.4 Å². The first-order chi connectivity index (χ1) is 6.06. The molecule has 0 aliphatic heterocycles. The smallest absolute Gasteiger partial charge is 0.111 e. The van der Waals surface area contributed by atoms with Crippen molar-refractivity contribution in [2.45, 2.75) is 27.7 Å². The van der Waals surface area contributed by atoms with Gasteiger partial charge in [0.1, 0.15) is 5.76 Å². The normalized spacial score (nSPS) is 13.3. The summed E-state index contributed by atoms with van der Waals surface area (Å²) in [6, 6.07) is 0. The van der Waals surface area contributed by atoms with Crippen molar-refractivity contribution >= 4 is 5.71 Å². The van der Waals surface area contributed by atoms with E-state index < -0.39 is 0 Å². The number of hydrogen-bond acceptors (Lipinski definition) is 2. The number of ether oxygens (including phenoxy) is 1. The molecule has 0 aromatic rings. The van der Waals surface area contributed by atoms with Crippen LogP contribution in [0.5, 0.6) is 0 Å². The zero-order valence-corrected chi connectivity index (χ0v) is 9.00. The molecule has 0 rings (SSSR count). The van der Waals surface area contributed by atoms with Crippen molar-refractivity contribution in [1.82, 2.24) is 0 Å². The van der Waals surface area contributed by atoms with Crippen molar-refractivity contribution < 1.29 is 4.74 Å². The minimum Gasteiger partial charge on any atom is -0.496 e. The first-order valence-corrected chi connectivity index (χ1v) is 4.52. The third-order valence-corrected chi connectivity index (χ3v) is 1.39. The first kappa shape index (κ1) is 11.9. The zero-order valence-electron chi connectivity index (χ0n) is 9.00. The van der Waals surface area contributed by atoms with Gasteiger partial charge in [-0.15, -0.1) is 0 Å². The van der Waals surface area contributed by atoms with Crippen LogP contribution in [-0.2, 0) is 4.74 Å². The van der Waals surface area contributed by atoms with Crippen molar-refractivity contribution in [2.75, 3.05) is 6.61 Å². The van der Waals surface area contributed by atoms with Crippen LogP contribution in [0.1, 0.15) is 27.7 Å². The highest BCUT2D eigenvalue weighted by Gasteiger charge is 1.93. The van der Waals surface area contributed by atoms with E-state index in [4.69, 9.17) is 4.74 Å². The Morgan fingerprint density at radius 2 is 2.08 bits per heavy atom. The van der Waals surface area contributed by atoms with Gasteiger partial charge in [-0.2, -0.15) is 0 Å². The van der Waals surface area contributed by atoms with Crippen LogP contribution < -0.4 is 0 Å². The molecule has 0 aliphatic rings. The molecule has 0 saturated carbocycles. The maximum absolute atomic E-state index is 5.42. The SMILES string of the molecule is C=CC(C)=N/C=C(\C)OCC(C)C. The van der Waals surface area contributed by atoms with E-state index in [-0.39, 0.29) is 0 Å². The highest BCUT2D eigenvalue weighted by molar-refractivity contribution is 5.92. The fourth-order valence-electron chi connectivity index (χ4n) is 0.581. The Bertz CT molecular complexity index is 214. The standard InChI is InChI=1S/C11H19NO/c1-6-10(4)12-7-11(5)13-8-9(2)3/h6-7,9H,1,8H2,2-5H3/b11-7+,12-10?. The average Bonchev–Trinajstić information content (AvgIpc) is 2.10. The van der Waals surface area contributed by atoms with E-state index >= 15 is 0 Å². The average molecular weight is 181 g/mol. The topological polar surface area (TPSA) is 21.6 Å². The highest BCUT2D eigenvalue weighted by atomic mass is 16.5. The van der Waals surface area contributed by atoms with Gasteiger partial charge in [0.2, 0.25) is 0 Å². The lowest BCUT2D eigenvalue weighted by Gasteiger charge is -2.07. The van der Waals surface area contributed by atoms with Gasteiger partial charge in [-0.3, -0.25) is 4.99 Å². The minimum absolute atomic E-state index is 0.549. The van der Waals surface area contributed by atoms with Gasteiger partial charge in [-0.1, -0.05) is 20.4 Å². The van der Waals surface area contributed by atoms with Gasteiger partial charge in [-0.25, -0.2) is 0 Å². The van der Waals surface area contributed by atoms with E-state index in [1.807, 2.05) is 13.8 Å². The summed E-state index contributed by atoms with van der Waals surface area (Å²) in [6.07, 6.45) is 3.44. The lowest BCUT2D eigenvalue weighted by atomic mass is 10.2. The second-order valence-electron chi connectivity index (χ2n) is 3.42. The Balaban J connectivity index is 3.95. The molecule has 0 heterocycles. The third kappa shape index (κ3) is 7.32. The number of aliphatic imine (C=N–C) groups is 1. The molecule has 0 aliphatic carbocycles. The molecule has 0 fully saturated rings. The summed E-state index contributed by atoms with van der Waals surface area (Å²) in [6.45, 7) is 12.4. The third-order valence-electron chi connectivity index (χ3n) is 1.39. The molecule has 0 amide bonds. The van der Waals surface area contributed by atoms with Crippen LogP contribution in [0.2, 0.25) is 0 Å². The molecule has 0 bridgehead atoms. The van der Waals surface area contributed by atoms with Gasteiger partial charge >= 0.3 is 0 Å². The maximum atomic E-state index is 5.42. The van der Waals surface area contributed by atoms with Crippen molar-refractivity contribution in [3.63, 3.8) is 0 Å². The largest absolute Gasteiger partial charge is 0.496 e. The van der Waals surface area contributed by atoms with Gasteiger partial charge < -0.3 is 4.74 Å². The van der Waals surface area contributed by atoms with Crippen molar-refractivity contribution in [3.05, 3.63) is 24.6 Å². The summed E-state index contributed by atoms with van der Waals surface area (Å²) in [5.41, 5.74) is 0.896. The maximum Gasteiger partial charge on any atom is 0.111 e. The predicted molar refractivity (Wildman–Crippen MR) is 57.9 cm³/mol. The van der Waals surface area contributed by atoms with Gasteiger partial charge in [0.25, 0.3) is 0 Å². The monoisotopic (exact) mass is 181 g/mol. The number of hydrogen-bond donors (Lipinski definition) is 0. The Kier molecular flexibility index (Phi) is 5.94. The molecule has 0 aromatic carbocycles. The second kappa shape index (κ2) is 6.46. The number of rotatable bonds is 5. The Morgan fingerprint density at radius 1 is 1.46 bits per heavy atom. The molecule has 0 spiro atoms. The van der Waals surface area contributed by atoms with Crippen LogP contribution in [0.25, 0.3) is 0 Å². The molecule has 0 saturated heterocycles. The van der Waals surface area contributed by atoms with Crippen LogP contribution >= 0.6 is 0 Å². The minimum atomic E-state index is 0.549. The fraction of sp³-hybridized carbons (Fsp3) is 0.545. The summed E-state index contributed by atoms with van der Waals surface area (Å²) >= 11 is 0. The zero-order chi connectivity index (χ0) is 10.3. The van der Waals surface area contributed by atoms with Gasteiger partial charge in [-0.05, 0) is 25.8 Å². The van der Waals surface area contributed by atoms with Crippen LogP contribution in [0.3, 0.4) is 0 Å². The van der Waals surface area contributed by atoms with Gasteiger partial charge in [0.05, 0.1) is 12.8 Å². The summed E-state index contributed by atoms with van der Waals surface area (Å²) in [7, 11) is 0. The molecule has 13 heavy (non-hydrogen) atoms. The highest BCUT2D eigenvalue weighted by Crippen LogP contribution is 2.01. The van der Waals surface area contributed by atoms with Gasteiger partial charge in [0.15, 0.2) is 0 Å². The van der Waals surface area contributed by atoms with E-state index in [0.29, 0.717) is 5.92 Å². The molecular formula is C11H19NO. The molecule has 0 atom stereocenters. The van der Waals surface area contributed by atoms with Gasteiger partial charge in [0, 0.05) is 5.71 Å².